The standard InChI is InChI=1S/2C6H5F.C2H6/c2*7-6-4-2-1-3-5-6;1-2/h2*1-5H;1-2H3. The predicted molar refractivity (Wildman–Crippen MR) is 64.1 cm³/mol. The summed E-state index contributed by atoms with van der Waals surface area (Å²) < 4.78 is 23.8. The van der Waals surface area contributed by atoms with Crippen LogP contribution < -0.4 is 0 Å². The van der Waals surface area contributed by atoms with E-state index in [1.165, 1.54) is 24.3 Å². The van der Waals surface area contributed by atoms with Crippen molar-refractivity contribution in [1.29, 1.82) is 0 Å². The molecule has 2 rings (SSSR count). The second kappa shape index (κ2) is 9.84. The van der Waals surface area contributed by atoms with Gasteiger partial charge >= 0.3 is 0 Å². The van der Waals surface area contributed by atoms with E-state index < -0.39 is 0 Å². The molecule has 0 nitrogen and oxygen atoms in total. The van der Waals surface area contributed by atoms with Crippen LogP contribution in [0.3, 0.4) is 0 Å². The molecule has 2 aromatic carbocycles. The summed E-state index contributed by atoms with van der Waals surface area (Å²) in [6, 6.07) is 15.9. The van der Waals surface area contributed by atoms with Crippen molar-refractivity contribution < 1.29 is 8.78 Å². The highest BCUT2D eigenvalue weighted by Gasteiger charge is 1.77. The Hall–Kier alpha value is -1.70. The van der Waals surface area contributed by atoms with E-state index in [0.29, 0.717) is 0 Å². The van der Waals surface area contributed by atoms with Crippen LogP contribution in [0.25, 0.3) is 0 Å². The van der Waals surface area contributed by atoms with Gasteiger partial charge in [0.15, 0.2) is 0 Å². The number of hydrogen-bond acceptors (Lipinski definition) is 0. The minimum absolute atomic E-state index is 0.178. The molecule has 0 fully saturated rings. The maximum Gasteiger partial charge on any atom is 0.123 e. The Morgan fingerprint density at radius 1 is 0.562 bits per heavy atom. The second-order valence-corrected chi connectivity index (χ2v) is 2.59. The first kappa shape index (κ1) is 14.3. The van der Waals surface area contributed by atoms with E-state index in [4.69, 9.17) is 0 Å². The maximum atomic E-state index is 11.9. The Balaban J connectivity index is 0.000000244. The van der Waals surface area contributed by atoms with Crippen molar-refractivity contribution in [2.45, 2.75) is 13.8 Å². The predicted octanol–water partition coefficient (Wildman–Crippen LogP) is 4.68. The number of benzene rings is 2. The molecule has 0 bridgehead atoms. The van der Waals surface area contributed by atoms with E-state index in [-0.39, 0.29) is 11.6 Å². The summed E-state index contributed by atoms with van der Waals surface area (Å²) in [5.74, 6) is -0.356. The highest BCUT2D eigenvalue weighted by molar-refractivity contribution is 5.02. The molecule has 0 aromatic heterocycles. The van der Waals surface area contributed by atoms with Crippen LogP contribution in [0.2, 0.25) is 0 Å². The smallest absolute Gasteiger partial charge is 0.123 e. The van der Waals surface area contributed by atoms with Gasteiger partial charge in [-0.15, -0.1) is 0 Å². The zero-order chi connectivity index (χ0) is 12.2. The quantitative estimate of drug-likeness (QED) is 0.607. The summed E-state index contributed by atoms with van der Waals surface area (Å²) in [4.78, 5) is 0. The van der Waals surface area contributed by atoms with Crippen molar-refractivity contribution in [3.8, 4) is 0 Å². The summed E-state index contributed by atoms with van der Waals surface area (Å²) in [7, 11) is 0. The normalized spacial score (nSPS) is 8.00. The third-order valence-electron chi connectivity index (χ3n) is 1.47. The van der Waals surface area contributed by atoms with Crippen LogP contribution in [0, 0.1) is 11.6 Å². The van der Waals surface area contributed by atoms with Crippen LogP contribution in [0.1, 0.15) is 13.8 Å². The van der Waals surface area contributed by atoms with Gasteiger partial charge in [-0.3, -0.25) is 0 Å². The van der Waals surface area contributed by atoms with Gasteiger partial charge < -0.3 is 0 Å². The molecule has 16 heavy (non-hydrogen) atoms. The van der Waals surface area contributed by atoms with Crippen LogP contribution in [-0.2, 0) is 0 Å². The lowest BCUT2D eigenvalue weighted by molar-refractivity contribution is 0.627. The van der Waals surface area contributed by atoms with Gasteiger partial charge in [-0.25, -0.2) is 8.78 Å². The van der Waals surface area contributed by atoms with Crippen molar-refractivity contribution in [2.75, 3.05) is 0 Å². The zero-order valence-corrected chi connectivity index (χ0v) is 9.53. The van der Waals surface area contributed by atoms with E-state index in [2.05, 4.69) is 0 Å². The van der Waals surface area contributed by atoms with Gasteiger partial charge in [0, 0.05) is 0 Å². The van der Waals surface area contributed by atoms with Gasteiger partial charge in [0.2, 0.25) is 0 Å². The minimum Gasteiger partial charge on any atom is -0.207 e. The molecule has 0 N–H and O–H groups in total. The number of halogens is 2. The maximum absolute atomic E-state index is 11.9. The summed E-state index contributed by atoms with van der Waals surface area (Å²) in [5.41, 5.74) is 0. The zero-order valence-electron chi connectivity index (χ0n) is 9.53. The van der Waals surface area contributed by atoms with Crippen LogP contribution in [0.15, 0.2) is 60.7 Å². The average molecular weight is 222 g/mol. The van der Waals surface area contributed by atoms with Gasteiger partial charge in [0.1, 0.15) is 11.6 Å². The number of rotatable bonds is 0. The van der Waals surface area contributed by atoms with Crippen molar-refractivity contribution in [3.05, 3.63) is 72.3 Å². The molecule has 0 aliphatic heterocycles. The molecule has 2 heteroatoms. The molecule has 0 radical (unpaired) electrons. The lowest BCUT2D eigenvalue weighted by atomic mass is 10.4. The van der Waals surface area contributed by atoms with E-state index in [1.807, 2.05) is 13.8 Å². The lowest BCUT2D eigenvalue weighted by Gasteiger charge is -1.78. The summed E-state index contributed by atoms with van der Waals surface area (Å²) in [5, 5.41) is 0. The molecule has 86 valence electrons. The summed E-state index contributed by atoms with van der Waals surface area (Å²) in [6.45, 7) is 4.00. The monoisotopic (exact) mass is 222 g/mol. The molecule has 2 aromatic rings. The molecule has 0 spiro atoms. The van der Waals surface area contributed by atoms with Crippen LogP contribution in [0.5, 0.6) is 0 Å². The Kier molecular flexibility index (Phi) is 8.79. The molecule has 0 unspecified atom stereocenters. The molecular formula is C14H16F2. The van der Waals surface area contributed by atoms with Gasteiger partial charge in [-0.2, -0.15) is 0 Å². The van der Waals surface area contributed by atoms with Crippen molar-refractivity contribution in [3.63, 3.8) is 0 Å². The highest BCUT2D eigenvalue weighted by atomic mass is 19.1. The van der Waals surface area contributed by atoms with Crippen LogP contribution in [0.4, 0.5) is 8.78 Å². The molecule has 0 atom stereocenters. The Morgan fingerprint density at radius 2 is 0.812 bits per heavy atom. The average Bonchev–Trinajstić information content (AvgIpc) is 2.34. The Bertz CT molecular complexity index is 306. The molecule has 0 aliphatic rings. The van der Waals surface area contributed by atoms with Crippen LogP contribution in [-0.4, -0.2) is 0 Å². The van der Waals surface area contributed by atoms with Crippen molar-refractivity contribution in [2.24, 2.45) is 0 Å². The van der Waals surface area contributed by atoms with E-state index in [0.717, 1.165) is 0 Å². The Morgan fingerprint density at radius 3 is 0.938 bits per heavy atom. The van der Waals surface area contributed by atoms with Gasteiger partial charge in [-0.1, -0.05) is 50.2 Å². The molecular weight excluding hydrogens is 206 g/mol. The van der Waals surface area contributed by atoms with E-state index in [1.54, 1.807) is 36.4 Å². The van der Waals surface area contributed by atoms with E-state index >= 15 is 0 Å². The lowest BCUT2D eigenvalue weighted by Crippen LogP contribution is -1.63. The van der Waals surface area contributed by atoms with Gasteiger partial charge in [0.25, 0.3) is 0 Å². The molecule has 0 amide bonds. The minimum atomic E-state index is -0.178. The second-order valence-electron chi connectivity index (χ2n) is 2.59. The molecule has 0 heterocycles. The fraction of sp³-hybridized carbons (Fsp3) is 0.143. The van der Waals surface area contributed by atoms with Crippen LogP contribution >= 0.6 is 0 Å². The first-order valence-corrected chi connectivity index (χ1v) is 5.20. The largest absolute Gasteiger partial charge is 0.207 e. The Labute approximate surface area is 95.6 Å². The first-order chi connectivity index (χ1) is 7.79. The third kappa shape index (κ3) is 7.68. The number of hydrogen-bond donors (Lipinski definition) is 0. The molecule has 0 saturated heterocycles. The van der Waals surface area contributed by atoms with E-state index in [9.17, 15) is 8.78 Å². The fourth-order valence-electron chi connectivity index (χ4n) is 0.829. The van der Waals surface area contributed by atoms with Crippen molar-refractivity contribution in [1.82, 2.24) is 0 Å². The third-order valence-corrected chi connectivity index (χ3v) is 1.47. The highest BCUT2D eigenvalue weighted by Crippen LogP contribution is 1.92. The van der Waals surface area contributed by atoms with Gasteiger partial charge in [-0.05, 0) is 24.3 Å². The first-order valence-electron chi connectivity index (χ1n) is 5.20. The fourth-order valence-corrected chi connectivity index (χ4v) is 0.829. The van der Waals surface area contributed by atoms with Gasteiger partial charge in [0.05, 0.1) is 0 Å². The SMILES string of the molecule is CC.Fc1ccccc1.Fc1ccccc1. The topological polar surface area (TPSA) is 0 Å². The van der Waals surface area contributed by atoms with Crippen molar-refractivity contribution >= 4 is 0 Å². The summed E-state index contributed by atoms with van der Waals surface area (Å²) in [6.07, 6.45) is 0. The molecule has 0 aliphatic carbocycles. The molecule has 0 saturated carbocycles. The summed E-state index contributed by atoms with van der Waals surface area (Å²) >= 11 is 0.